The summed E-state index contributed by atoms with van der Waals surface area (Å²) in [4.78, 5) is 40.9. The number of aliphatic imine (C=N–C) groups is 1. The lowest BCUT2D eigenvalue weighted by atomic mass is 10.1. The van der Waals surface area contributed by atoms with Crippen LogP contribution in [0.4, 0.5) is 5.69 Å². The minimum Gasteiger partial charge on any atom is -0.455 e. The van der Waals surface area contributed by atoms with Crippen molar-refractivity contribution in [3.05, 3.63) is 59.7 Å². The average molecular weight is 398 g/mol. The Morgan fingerprint density at radius 3 is 2.28 bits per heavy atom. The van der Waals surface area contributed by atoms with Crippen LogP contribution >= 0.6 is 0 Å². The summed E-state index contributed by atoms with van der Waals surface area (Å²) in [5.41, 5.74) is 11.9. The minimum atomic E-state index is -0.625. The van der Waals surface area contributed by atoms with Crippen molar-refractivity contribution >= 4 is 29.5 Å². The Bertz CT molecular complexity index is 919. The van der Waals surface area contributed by atoms with E-state index in [1.165, 1.54) is 4.90 Å². The molecule has 29 heavy (non-hydrogen) atoms. The molecule has 0 aliphatic rings. The molecule has 1 amide bonds. The summed E-state index contributed by atoms with van der Waals surface area (Å²) in [6.07, 6.45) is -0.0116. The summed E-state index contributed by atoms with van der Waals surface area (Å²) in [7, 11) is 3.15. The van der Waals surface area contributed by atoms with Gasteiger partial charge in [-0.3, -0.25) is 9.59 Å². The lowest BCUT2D eigenvalue weighted by molar-refractivity contribution is -0.150. The van der Waals surface area contributed by atoms with Crippen LogP contribution < -0.4 is 16.2 Å². The number of guanidine groups is 1. The Kier molecular flexibility index (Phi) is 7.30. The highest BCUT2D eigenvalue weighted by Gasteiger charge is 2.14. The van der Waals surface area contributed by atoms with E-state index in [9.17, 15) is 14.4 Å². The van der Waals surface area contributed by atoms with E-state index in [2.05, 4.69) is 4.99 Å². The molecule has 0 radical (unpaired) electrons. The molecule has 4 N–H and O–H groups in total. The van der Waals surface area contributed by atoms with Crippen molar-refractivity contribution in [1.82, 2.24) is 4.90 Å². The number of hydrogen-bond acceptors (Lipinski definition) is 6. The van der Waals surface area contributed by atoms with Gasteiger partial charge in [-0.15, -0.1) is 0 Å². The van der Waals surface area contributed by atoms with Gasteiger partial charge in [0, 0.05) is 14.1 Å². The third kappa shape index (κ3) is 6.65. The van der Waals surface area contributed by atoms with E-state index < -0.39 is 11.9 Å². The predicted octanol–water partition coefficient (Wildman–Crippen LogP) is 0.985. The maximum atomic E-state index is 12.4. The first kappa shape index (κ1) is 21.4. The fraction of sp³-hybridized carbons (Fsp3) is 0.200. The molecule has 9 nitrogen and oxygen atoms in total. The number of nitrogens with two attached hydrogens (primary N) is 2. The topological polar surface area (TPSA) is 137 Å². The van der Waals surface area contributed by atoms with Crippen LogP contribution in [-0.2, 0) is 20.7 Å². The number of rotatable bonds is 7. The molecule has 0 unspecified atom stereocenters. The average Bonchev–Trinajstić information content (AvgIpc) is 2.67. The van der Waals surface area contributed by atoms with Crippen molar-refractivity contribution in [3.63, 3.8) is 0 Å². The molecule has 2 rings (SSSR count). The highest BCUT2D eigenvalue weighted by atomic mass is 16.5. The molecule has 152 valence electrons. The van der Waals surface area contributed by atoms with Gasteiger partial charge in [0.25, 0.3) is 5.91 Å². The van der Waals surface area contributed by atoms with Crippen molar-refractivity contribution in [2.24, 2.45) is 16.5 Å². The summed E-state index contributed by atoms with van der Waals surface area (Å²) < 4.78 is 10.2. The lowest BCUT2D eigenvalue weighted by Gasteiger charge is -2.10. The summed E-state index contributed by atoms with van der Waals surface area (Å²) in [5.74, 6) is -1.35. The van der Waals surface area contributed by atoms with Crippen molar-refractivity contribution in [1.29, 1.82) is 0 Å². The number of carbonyl (C=O) groups excluding carboxylic acids is 3. The zero-order chi connectivity index (χ0) is 21.4. The first-order valence-electron chi connectivity index (χ1n) is 8.62. The van der Waals surface area contributed by atoms with Crippen LogP contribution in [0.2, 0.25) is 0 Å². The fourth-order valence-corrected chi connectivity index (χ4v) is 2.21. The summed E-state index contributed by atoms with van der Waals surface area (Å²) in [6, 6.07) is 12.8. The molecule has 0 aliphatic carbocycles. The quantitative estimate of drug-likeness (QED) is 0.307. The predicted molar refractivity (Wildman–Crippen MR) is 107 cm³/mol. The van der Waals surface area contributed by atoms with Crippen LogP contribution in [0.1, 0.15) is 15.9 Å². The Hall–Kier alpha value is -3.88. The van der Waals surface area contributed by atoms with E-state index in [0.29, 0.717) is 11.3 Å². The maximum absolute atomic E-state index is 12.4. The molecule has 0 saturated heterocycles. The van der Waals surface area contributed by atoms with E-state index in [4.69, 9.17) is 20.9 Å². The molecule has 9 heteroatoms. The normalized spacial score (nSPS) is 10.0. The second kappa shape index (κ2) is 9.88. The number of likely N-dealkylation sites (N-methyl/N-ethyl adjacent to an activating group) is 1. The number of nitrogens with zero attached hydrogens (tertiary/aromatic N) is 2. The van der Waals surface area contributed by atoms with Crippen molar-refractivity contribution < 1.29 is 23.9 Å². The molecule has 0 fully saturated rings. The third-order valence-electron chi connectivity index (χ3n) is 3.71. The molecule has 0 spiro atoms. The number of hydrogen-bond donors (Lipinski definition) is 2. The molecular formula is C20H22N4O5. The Labute approximate surface area is 167 Å². The summed E-state index contributed by atoms with van der Waals surface area (Å²) in [6.45, 7) is -0.309. The molecule has 0 atom stereocenters. The minimum absolute atomic E-state index is 0.0116. The van der Waals surface area contributed by atoms with Gasteiger partial charge >= 0.3 is 11.9 Å². The number of ether oxygens (including phenoxy) is 2. The zero-order valence-electron chi connectivity index (χ0n) is 16.1. The smallest absolute Gasteiger partial charge is 0.345 e. The molecule has 0 saturated carbocycles. The van der Waals surface area contributed by atoms with E-state index >= 15 is 0 Å². The van der Waals surface area contributed by atoms with Gasteiger partial charge in [0.15, 0.2) is 12.6 Å². The highest BCUT2D eigenvalue weighted by Crippen LogP contribution is 2.21. The molecule has 2 aromatic carbocycles. The number of carbonyl (C=O) groups is 3. The molecule has 0 aliphatic heterocycles. The van der Waals surface area contributed by atoms with Gasteiger partial charge in [-0.25, -0.2) is 9.79 Å². The Morgan fingerprint density at radius 2 is 1.66 bits per heavy atom. The number of esters is 2. The number of amides is 1. The fourth-order valence-electron chi connectivity index (χ4n) is 2.21. The standard InChI is InChI=1S/C20H22N4O5/c1-24(2)17(25)12-28-18(26)11-13-7-9-14(10-8-13)29-19(27)15-5-3-4-6-16(15)23-20(21)22/h3-10H,11-12H2,1-2H3,(H4,21,22,23). The van der Waals surface area contributed by atoms with Crippen LogP contribution in [0.3, 0.4) is 0 Å². The van der Waals surface area contributed by atoms with Crippen LogP contribution in [0.15, 0.2) is 53.5 Å². The monoisotopic (exact) mass is 398 g/mol. The van der Waals surface area contributed by atoms with E-state index in [1.807, 2.05) is 0 Å². The van der Waals surface area contributed by atoms with Crippen molar-refractivity contribution in [2.75, 3.05) is 20.7 Å². The molecule has 0 bridgehead atoms. The third-order valence-corrected chi connectivity index (χ3v) is 3.71. The van der Waals surface area contributed by atoms with Crippen molar-refractivity contribution in [3.8, 4) is 5.75 Å². The first-order chi connectivity index (χ1) is 13.8. The van der Waals surface area contributed by atoms with Gasteiger partial charge in [0.1, 0.15) is 5.75 Å². The maximum Gasteiger partial charge on any atom is 0.345 e. The first-order valence-corrected chi connectivity index (χ1v) is 8.62. The van der Waals surface area contributed by atoms with Crippen molar-refractivity contribution in [2.45, 2.75) is 6.42 Å². The van der Waals surface area contributed by atoms with Gasteiger partial charge in [0.05, 0.1) is 17.7 Å². The van der Waals surface area contributed by atoms with Gasteiger partial charge in [0.2, 0.25) is 0 Å². The number of para-hydroxylation sites is 1. The Morgan fingerprint density at radius 1 is 1.00 bits per heavy atom. The highest BCUT2D eigenvalue weighted by molar-refractivity contribution is 5.97. The summed E-state index contributed by atoms with van der Waals surface area (Å²) >= 11 is 0. The molecule has 0 aromatic heterocycles. The zero-order valence-corrected chi connectivity index (χ0v) is 16.1. The largest absolute Gasteiger partial charge is 0.455 e. The SMILES string of the molecule is CN(C)C(=O)COC(=O)Cc1ccc(OC(=O)c2ccccc2N=C(N)N)cc1. The van der Waals surface area contributed by atoms with Crippen LogP contribution in [0.5, 0.6) is 5.75 Å². The van der Waals surface area contributed by atoms with Gasteiger partial charge in [-0.05, 0) is 29.8 Å². The summed E-state index contributed by atoms with van der Waals surface area (Å²) in [5, 5.41) is 0. The molecular weight excluding hydrogens is 376 g/mol. The lowest BCUT2D eigenvalue weighted by Crippen LogP contribution is -2.27. The van der Waals surface area contributed by atoms with Crippen LogP contribution in [0, 0.1) is 0 Å². The van der Waals surface area contributed by atoms with Crippen LogP contribution in [0.25, 0.3) is 0 Å². The molecule has 0 heterocycles. The van der Waals surface area contributed by atoms with E-state index in [1.54, 1.807) is 62.6 Å². The number of benzene rings is 2. The molecule has 2 aromatic rings. The van der Waals surface area contributed by atoms with E-state index in [0.717, 1.165) is 0 Å². The second-order valence-corrected chi connectivity index (χ2v) is 6.21. The van der Waals surface area contributed by atoms with Gasteiger partial charge < -0.3 is 25.8 Å². The Balaban J connectivity index is 1.97. The van der Waals surface area contributed by atoms with Gasteiger partial charge in [-0.1, -0.05) is 24.3 Å². The van der Waals surface area contributed by atoms with Crippen LogP contribution in [-0.4, -0.2) is 49.4 Å². The second-order valence-electron chi connectivity index (χ2n) is 6.21. The van der Waals surface area contributed by atoms with Gasteiger partial charge in [-0.2, -0.15) is 0 Å². The van der Waals surface area contributed by atoms with E-state index in [-0.39, 0.29) is 36.2 Å².